The first-order chi connectivity index (χ1) is 19.1. The molecular formula is C33H62ClN7. The van der Waals surface area contributed by atoms with E-state index in [-0.39, 0.29) is 27.4 Å². The second-order valence-corrected chi connectivity index (χ2v) is 16.2. The number of unbranched alkanes of at least 4 members (excludes halogenated alkanes) is 6. The van der Waals surface area contributed by atoms with Gasteiger partial charge in [0.05, 0.1) is 0 Å². The normalized spacial score (nSPS) is 22.0. The molecule has 0 saturated carbocycles. The van der Waals surface area contributed by atoms with Crippen molar-refractivity contribution in [3.63, 3.8) is 0 Å². The molecule has 0 amide bonds. The van der Waals surface area contributed by atoms with Crippen LogP contribution < -0.4 is 21.3 Å². The molecule has 3 heterocycles. The van der Waals surface area contributed by atoms with Gasteiger partial charge in [0.25, 0.3) is 0 Å². The highest BCUT2D eigenvalue weighted by Gasteiger charge is 2.38. The smallest absolute Gasteiger partial charge is 0.228 e. The van der Waals surface area contributed by atoms with Crippen LogP contribution in [0, 0.1) is 11.8 Å². The van der Waals surface area contributed by atoms with Crippen molar-refractivity contribution in [2.24, 2.45) is 11.8 Å². The first-order valence-corrected chi connectivity index (χ1v) is 17.0. The maximum absolute atomic E-state index is 6.19. The van der Waals surface area contributed by atoms with E-state index in [0.29, 0.717) is 11.9 Å². The van der Waals surface area contributed by atoms with Gasteiger partial charge in [-0.05, 0) is 117 Å². The minimum atomic E-state index is 0.241. The van der Waals surface area contributed by atoms with Crippen LogP contribution in [-0.2, 0) is 0 Å². The van der Waals surface area contributed by atoms with Gasteiger partial charge in [-0.15, -0.1) is 0 Å². The third kappa shape index (κ3) is 13.3. The van der Waals surface area contributed by atoms with Crippen molar-refractivity contribution in [2.45, 2.75) is 167 Å². The van der Waals surface area contributed by atoms with E-state index in [1.807, 2.05) is 0 Å². The molecule has 2 aliphatic rings. The molecule has 0 aromatic carbocycles. The van der Waals surface area contributed by atoms with Gasteiger partial charge in [0.2, 0.25) is 17.2 Å². The monoisotopic (exact) mass is 591 g/mol. The minimum Gasteiger partial charge on any atom is -0.354 e. The molecule has 3 rings (SSSR count). The van der Waals surface area contributed by atoms with Crippen LogP contribution >= 0.6 is 11.6 Å². The Morgan fingerprint density at radius 2 is 0.902 bits per heavy atom. The van der Waals surface area contributed by atoms with Crippen molar-refractivity contribution < 1.29 is 0 Å². The van der Waals surface area contributed by atoms with Crippen molar-refractivity contribution >= 4 is 23.5 Å². The average molecular weight is 592 g/mol. The van der Waals surface area contributed by atoms with Gasteiger partial charge in [0.15, 0.2) is 0 Å². The van der Waals surface area contributed by atoms with E-state index >= 15 is 0 Å². The van der Waals surface area contributed by atoms with Crippen LogP contribution in [0.2, 0.25) is 5.28 Å². The van der Waals surface area contributed by atoms with E-state index in [0.717, 1.165) is 37.8 Å². The molecule has 0 spiro atoms. The Hall–Kier alpha value is -1.18. The lowest BCUT2D eigenvalue weighted by Gasteiger charge is -2.46. The second kappa shape index (κ2) is 15.0. The zero-order valence-electron chi connectivity index (χ0n) is 27.7. The van der Waals surface area contributed by atoms with Crippen LogP contribution in [0.5, 0.6) is 0 Å². The van der Waals surface area contributed by atoms with Gasteiger partial charge < -0.3 is 21.3 Å². The molecule has 41 heavy (non-hydrogen) atoms. The summed E-state index contributed by atoms with van der Waals surface area (Å²) >= 11 is 6.19. The van der Waals surface area contributed by atoms with Crippen LogP contribution in [0.15, 0.2) is 0 Å². The molecule has 2 saturated heterocycles. The Labute approximate surface area is 257 Å². The van der Waals surface area contributed by atoms with Crippen LogP contribution in [0.25, 0.3) is 0 Å². The highest BCUT2D eigenvalue weighted by Crippen LogP contribution is 2.36. The quantitative estimate of drug-likeness (QED) is 0.144. The van der Waals surface area contributed by atoms with Crippen LogP contribution in [0.3, 0.4) is 0 Å². The summed E-state index contributed by atoms with van der Waals surface area (Å²) in [6, 6.07) is 0. The number of hydrogen-bond donors (Lipinski definition) is 4. The Kier molecular flexibility index (Phi) is 12.6. The van der Waals surface area contributed by atoms with Crippen LogP contribution in [-0.4, -0.2) is 50.2 Å². The molecule has 7 nitrogen and oxygen atoms in total. The molecule has 0 unspecified atom stereocenters. The summed E-state index contributed by atoms with van der Waals surface area (Å²) < 4.78 is 0. The minimum absolute atomic E-state index is 0.241. The summed E-state index contributed by atoms with van der Waals surface area (Å²) in [6.45, 7) is 20.5. The molecule has 4 N–H and O–H groups in total. The fourth-order valence-corrected chi connectivity index (χ4v) is 8.37. The van der Waals surface area contributed by atoms with Crippen molar-refractivity contribution in [1.29, 1.82) is 0 Å². The predicted molar refractivity (Wildman–Crippen MR) is 176 cm³/mol. The zero-order valence-corrected chi connectivity index (χ0v) is 28.4. The number of piperidine rings is 2. The molecule has 2 fully saturated rings. The summed E-state index contributed by atoms with van der Waals surface area (Å²) in [7, 11) is 0. The van der Waals surface area contributed by atoms with E-state index in [1.54, 1.807) is 0 Å². The number of hydrogen-bond acceptors (Lipinski definition) is 7. The molecule has 1 aromatic rings. The van der Waals surface area contributed by atoms with E-state index in [1.165, 1.54) is 77.0 Å². The Morgan fingerprint density at radius 1 is 0.561 bits per heavy atom. The van der Waals surface area contributed by atoms with Crippen LogP contribution in [0.1, 0.15) is 145 Å². The number of halogens is 1. The second-order valence-electron chi connectivity index (χ2n) is 15.8. The third-order valence-corrected chi connectivity index (χ3v) is 8.97. The SMILES string of the molecule is CC1(C)CC(CCCCCCNc2nc(Cl)nc(NCCCCCCC3CC(C)(C)NC(C)(C)C3)n2)CC(C)(C)N1. The zero-order chi connectivity index (χ0) is 30.2. The Bertz CT molecular complexity index is 828. The van der Waals surface area contributed by atoms with Gasteiger partial charge in [-0.25, -0.2) is 0 Å². The summed E-state index contributed by atoms with van der Waals surface area (Å²) in [5, 5.41) is 14.5. The topological polar surface area (TPSA) is 86.8 Å². The van der Waals surface area contributed by atoms with Crippen LogP contribution in [0.4, 0.5) is 11.9 Å². The summed E-state index contributed by atoms with van der Waals surface area (Å²) in [5.74, 6) is 2.80. The third-order valence-electron chi connectivity index (χ3n) is 8.80. The van der Waals surface area contributed by atoms with Gasteiger partial charge in [-0.2, -0.15) is 15.0 Å². The first kappa shape index (κ1) is 34.3. The maximum atomic E-state index is 6.19. The molecular weight excluding hydrogens is 530 g/mol. The lowest BCUT2D eigenvalue weighted by Crippen LogP contribution is -2.57. The highest BCUT2D eigenvalue weighted by atomic mass is 35.5. The van der Waals surface area contributed by atoms with Gasteiger partial charge in [-0.1, -0.05) is 51.4 Å². The van der Waals surface area contributed by atoms with E-state index < -0.39 is 0 Å². The molecule has 8 heteroatoms. The number of nitrogens with one attached hydrogen (secondary N) is 4. The lowest BCUT2D eigenvalue weighted by molar-refractivity contribution is 0.121. The maximum Gasteiger partial charge on any atom is 0.228 e. The molecule has 0 bridgehead atoms. The van der Waals surface area contributed by atoms with Gasteiger partial charge >= 0.3 is 0 Å². The summed E-state index contributed by atoms with van der Waals surface area (Å²) in [6.07, 6.45) is 17.7. The van der Waals surface area contributed by atoms with E-state index in [9.17, 15) is 0 Å². The fraction of sp³-hybridized carbons (Fsp3) is 0.909. The number of aromatic nitrogens is 3. The molecule has 0 aliphatic carbocycles. The average Bonchev–Trinajstić information content (AvgIpc) is 2.78. The standard InChI is InChI=1S/C33H62ClN7/c1-30(2)21-25(22-31(3,4)40-30)17-13-9-11-15-19-35-28-37-27(34)38-29(39-28)36-20-16-12-10-14-18-26-23-32(5,6)41-33(7,8)24-26/h25-26,40-41H,9-24H2,1-8H3,(H2,35,36,37,38,39). The van der Waals surface area contributed by atoms with E-state index in [4.69, 9.17) is 11.6 Å². The van der Waals surface area contributed by atoms with Gasteiger partial charge in [-0.3, -0.25) is 0 Å². The molecule has 236 valence electrons. The molecule has 1 aromatic heterocycles. The molecule has 2 aliphatic heterocycles. The van der Waals surface area contributed by atoms with Crippen molar-refractivity contribution in [2.75, 3.05) is 23.7 Å². The Morgan fingerprint density at radius 3 is 1.27 bits per heavy atom. The lowest BCUT2D eigenvalue weighted by atomic mass is 9.74. The molecule has 0 radical (unpaired) electrons. The number of rotatable bonds is 16. The van der Waals surface area contributed by atoms with Gasteiger partial charge in [0.1, 0.15) is 0 Å². The summed E-state index contributed by atoms with van der Waals surface area (Å²) in [4.78, 5) is 13.1. The van der Waals surface area contributed by atoms with Gasteiger partial charge in [0, 0.05) is 35.2 Å². The highest BCUT2D eigenvalue weighted by molar-refractivity contribution is 6.28. The number of nitrogens with zero attached hydrogens (tertiary/aromatic N) is 3. The van der Waals surface area contributed by atoms with Crippen molar-refractivity contribution in [3.05, 3.63) is 5.28 Å². The summed E-state index contributed by atoms with van der Waals surface area (Å²) in [5.41, 5.74) is 0.992. The number of anilines is 2. The predicted octanol–water partition coefficient (Wildman–Crippen LogP) is 8.36. The van der Waals surface area contributed by atoms with Crippen molar-refractivity contribution in [1.82, 2.24) is 25.6 Å². The molecule has 0 atom stereocenters. The fourth-order valence-electron chi connectivity index (χ4n) is 8.21. The van der Waals surface area contributed by atoms with Crippen molar-refractivity contribution in [3.8, 4) is 0 Å². The first-order valence-electron chi connectivity index (χ1n) is 16.6. The van der Waals surface area contributed by atoms with E-state index in [2.05, 4.69) is 91.6 Å². The Balaban J connectivity index is 1.24. The largest absolute Gasteiger partial charge is 0.354 e.